The first kappa shape index (κ1) is 12.2. The molecule has 1 aromatic rings. The Balaban J connectivity index is 2.21. The lowest BCUT2D eigenvalue weighted by Gasteiger charge is -2.22. The van der Waals surface area contributed by atoms with Crippen LogP contribution in [0.4, 0.5) is 0 Å². The summed E-state index contributed by atoms with van der Waals surface area (Å²) in [5.74, 6) is 0.908. The smallest absolute Gasteiger partial charge is 0.149 e. The van der Waals surface area contributed by atoms with Crippen LogP contribution in [0.1, 0.15) is 50.0 Å². The predicted molar refractivity (Wildman–Crippen MR) is 69.7 cm³/mol. The van der Waals surface area contributed by atoms with Crippen LogP contribution < -0.4 is 5.32 Å². The van der Waals surface area contributed by atoms with Gasteiger partial charge in [-0.15, -0.1) is 0 Å². The topological polar surface area (TPSA) is 37.8 Å². The molecule has 2 rings (SSSR count). The maximum Gasteiger partial charge on any atom is 0.149 e. The Morgan fingerprint density at radius 1 is 1.29 bits per heavy atom. The molecule has 1 heterocycles. The minimum atomic E-state index is 0.209. The van der Waals surface area contributed by atoms with Crippen LogP contribution in [0.2, 0.25) is 0 Å². The number of likely N-dealkylation sites (N-methyl/N-ethyl adjacent to an activating group) is 1. The largest absolute Gasteiger partial charge is 0.304 e. The molecule has 0 radical (unpaired) electrons. The average Bonchev–Trinajstić information content (AvgIpc) is 2.38. The van der Waals surface area contributed by atoms with E-state index < -0.39 is 0 Å². The molecule has 0 fully saturated rings. The Morgan fingerprint density at radius 3 is 2.65 bits per heavy atom. The number of nitrogens with one attached hydrogen (secondary N) is 1. The van der Waals surface area contributed by atoms with Crippen molar-refractivity contribution in [2.45, 2.75) is 45.6 Å². The third kappa shape index (κ3) is 3.13. The molecule has 1 N–H and O–H groups in total. The molecule has 3 nitrogen and oxygen atoms in total. The van der Waals surface area contributed by atoms with Gasteiger partial charge in [0.2, 0.25) is 0 Å². The van der Waals surface area contributed by atoms with E-state index in [-0.39, 0.29) is 6.04 Å². The second-order valence-electron chi connectivity index (χ2n) is 4.63. The van der Waals surface area contributed by atoms with E-state index in [1.54, 1.807) is 0 Å². The summed E-state index contributed by atoms with van der Waals surface area (Å²) in [5, 5.41) is 3.49. The summed E-state index contributed by atoms with van der Waals surface area (Å²) in [6.07, 6.45) is 11.1. The van der Waals surface area contributed by atoms with Crippen LogP contribution in [0.5, 0.6) is 0 Å². The van der Waals surface area contributed by atoms with Gasteiger partial charge in [0.1, 0.15) is 5.82 Å². The van der Waals surface area contributed by atoms with Crippen molar-refractivity contribution in [2.24, 2.45) is 0 Å². The number of allylic oxidation sites excluding steroid dienone is 1. The van der Waals surface area contributed by atoms with Crippen molar-refractivity contribution >= 4 is 0 Å². The van der Waals surface area contributed by atoms with Crippen molar-refractivity contribution in [1.29, 1.82) is 0 Å². The highest BCUT2D eigenvalue weighted by Crippen LogP contribution is 2.27. The van der Waals surface area contributed by atoms with E-state index in [0.29, 0.717) is 0 Å². The van der Waals surface area contributed by atoms with Gasteiger partial charge in [-0.05, 0) is 50.3 Å². The summed E-state index contributed by atoms with van der Waals surface area (Å²) in [7, 11) is 0. The van der Waals surface area contributed by atoms with Crippen LogP contribution in [-0.2, 0) is 0 Å². The van der Waals surface area contributed by atoms with E-state index in [1.165, 1.54) is 31.3 Å². The van der Waals surface area contributed by atoms with E-state index in [0.717, 1.165) is 17.9 Å². The molecule has 0 aliphatic heterocycles. The minimum absolute atomic E-state index is 0.209. The first-order valence-corrected chi connectivity index (χ1v) is 6.52. The molecule has 0 saturated heterocycles. The minimum Gasteiger partial charge on any atom is -0.304 e. The van der Waals surface area contributed by atoms with E-state index in [2.05, 4.69) is 28.3 Å². The Bertz CT molecular complexity index is 381. The van der Waals surface area contributed by atoms with Crippen LogP contribution in [-0.4, -0.2) is 16.5 Å². The van der Waals surface area contributed by atoms with Crippen LogP contribution in [0.25, 0.3) is 0 Å². The van der Waals surface area contributed by atoms with Crippen molar-refractivity contribution in [1.82, 2.24) is 15.3 Å². The SMILES string of the molecule is CCNC(C1=CCCCC1)c1ncc(C)cn1. The summed E-state index contributed by atoms with van der Waals surface area (Å²) in [4.78, 5) is 8.92. The van der Waals surface area contributed by atoms with Gasteiger partial charge in [-0.2, -0.15) is 0 Å². The van der Waals surface area contributed by atoms with Gasteiger partial charge in [0, 0.05) is 12.4 Å². The van der Waals surface area contributed by atoms with Crippen LogP contribution in [0.15, 0.2) is 24.0 Å². The Hall–Kier alpha value is -1.22. The molecular weight excluding hydrogens is 210 g/mol. The highest BCUT2D eigenvalue weighted by atomic mass is 15.0. The molecule has 1 aliphatic rings. The van der Waals surface area contributed by atoms with E-state index in [4.69, 9.17) is 0 Å². The molecule has 17 heavy (non-hydrogen) atoms. The number of aryl methyl sites for hydroxylation is 1. The number of hydrogen-bond acceptors (Lipinski definition) is 3. The third-order valence-corrected chi connectivity index (χ3v) is 3.16. The molecule has 1 atom stereocenters. The second-order valence-corrected chi connectivity index (χ2v) is 4.63. The fraction of sp³-hybridized carbons (Fsp3) is 0.571. The molecule has 0 spiro atoms. The van der Waals surface area contributed by atoms with Gasteiger partial charge < -0.3 is 5.32 Å². The lowest BCUT2D eigenvalue weighted by Crippen LogP contribution is -2.25. The molecule has 1 aliphatic carbocycles. The first-order chi connectivity index (χ1) is 8.31. The highest BCUT2D eigenvalue weighted by molar-refractivity contribution is 5.20. The number of nitrogens with zero attached hydrogens (tertiary/aromatic N) is 2. The monoisotopic (exact) mass is 231 g/mol. The fourth-order valence-corrected chi connectivity index (χ4v) is 2.27. The third-order valence-electron chi connectivity index (χ3n) is 3.16. The van der Waals surface area contributed by atoms with Gasteiger partial charge in [0.25, 0.3) is 0 Å². The Labute approximate surface area is 103 Å². The molecular formula is C14H21N3. The molecule has 0 saturated carbocycles. The molecule has 0 aromatic carbocycles. The van der Waals surface area contributed by atoms with Crippen LogP contribution in [0, 0.1) is 6.92 Å². The summed E-state index contributed by atoms with van der Waals surface area (Å²) >= 11 is 0. The van der Waals surface area contributed by atoms with Crippen molar-refractivity contribution in [3.8, 4) is 0 Å². The van der Waals surface area contributed by atoms with E-state index >= 15 is 0 Å². The van der Waals surface area contributed by atoms with Crippen LogP contribution >= 0.6 is 0 Å². The standard InChI is InChI=1S/C14H21N3/c1-3-15-13(12-7-5-4-6-8-12)14-16-9-11(2)10-17-14/h7,9-10,13,15H,3-6,8H2,1-2H3. The lowest BCUT2D eigenvalue weighted by molar-refractivity contribution is 0.541. The van der Waals surface area contributed by atoms with Crippen molar-refractivity contribution in [3.63, 3.8) is 0 Å². The van der Waals surface area contributed by atoms with E-state index in [1.807, 2.05) is 19.3 Å². The second kappa shape index (κ2) is 5.92. The normalized spacial score (nSPS) is 17.6. The summed E-state index contributed by atoms with van der Waals surface area (Å²) in [6, 6.07) is 0.209. The predicted octanol–water partition coefficient (Wildman–Crippen LogP) is 2.94. The average molecular weight is 231 g/mol. The number of rotatable bonds is 4. The summed E-state index contributed by atoms with van der Waals surface area (Å²) < 4.78 is 0. The van der Waals surface area contributed by atoms with Crippen molar-refractivity contribution < 1.29 is 0 Å². The molecule has 0 bridgehead atoms. The zero-order chi connectivity index (χ0) is 12.1. The van der Waals surface area contributed by atoms with Gasteiger partial charge in [-0.1, -0.05) is 13.0 Å². The van der Waals surface area contributed by atoms with Gasteiger partial charge in [0.05, 0.1) is 6.04 Å². The quantitative estimate of drug-likeness (QED) is 0.810. The molecule has 0 amide bonds. The van der Waals surface area contributed by atoms with Gasteiger partial charge in [-0.25, -0.2) is 9.97 Å². The Morgan fingerprint density at radius 2 is 2.06 bits per heavy atom. The molecule has 92 valence electrons. The van der Waals surface area contributed by atoms with Crippen molar-refractivity contribution in [2.75, 3.05) is 6.54 Å². The van der Waals surface area contributed by atoms with E-state index in [9.17, 15) is 0 Å². The molecule has 3 heteroatoms. The summed E-state index contributed by atoms with van der Waals surface area (Å²) in [5.41, 5.74) is 2.57. The van der Waals surface area contributed by atoms with Crippen LogP contribution in [0.3, 0.4) is 0 Å². The highest BCUT2D eigenvalue weighted by Gasteiger charge is 2.19. The van der Waals surface area contributed by atoms with Crippen molar-refractivity contribution in [3.05, 3.63) is 35.4 Å². The number of hydrogen-bond donors (Lipinski definition) is 1. The zero-order valence-corrected chi connectivity index (χ0v) is 10.7. The summed E-state index contributed by atoms with van der Waals surface area (Å²) in [6.45, 7) is 5.09. The first-order valence-electron chi connectivity index (χ1n) is 6.52. The fourth-order valence-electron chi connectivity index (χ4n) is 2.27. The molecule has 1 aromatic heterocycles. The zero-order valence-electron chi connectivity index (χ0n) is 10.7. The van der Waals surface area contributed by atoms with Gasteiger partial charge >= 0.3 is 0 Å². The maximum atomic E-state index is 4.46. The van der Waals surface area contributed by atoms with Gasteiger partial charge in [0.15, 0.2) is 0 Å². The lowest BCUT2D eigenvalue weighted by atomic mass is 9.93. The van der Waals surface area contributed by atoms with Gasteiger partial charge in [-0.3, -0.25) is 0 Å². The molecule has 1 unspecified atom stereocenters. The maximum absolute atomic E-state index is 4.46. The Kier molecular flexibility index (Phi) is 4.26. The number of aromatic nitrogens is 2.